The molecule has 3 rings (SSSR count). The van der Waals surface area contributed by atoms with E-state index in [1.54, 1.807) is 0 Å². The number of nitrogens with zero attached hydrogens (tertiary/aromatic N) is 4. The summed E-state index contributed by atoms with van der Waals surface area (Å²) in [6.45, 7) is -0.881. The third-order valence-electron chi connectivity index (χ3n) is 4.46. The van der Waals surface area contributed by atoms with Crippen LogP contribution in [-0.4, -0.2) is 53.1 Å². The first-order valence-corrected chi connectivity index (χ1v) is 10.6. The highest BCUT2D eigenvalue weighted by molar-refractivity contribution is 7.91. The molecule has 7 nitrogen and oxygen atoms in total. The molecule has 0 saturated carbocycles. The van der Waals surface area contributed by atoms with Gasteiger partial charge in [-0.25, -0.2) is 32.2 Å². The van der Waals surface area contributed by atoms with Gasteiger partial charge in [0.15, 0.2) is 21.8 Å². The van der Waals surface area contributed by atoms with E-state index < -0.39 is 41.2 Å². The molecule has 0 aliphatic rings. The lowest BCUT2D eigenvalue weighted by molar-refractivity contribution is -0.141. The molecule has 0 saturated heterocycles. The Balaban J connectivity index is 2.19. The van der Waals surface area contributed by atoms with E-state index in [9.17, 15) is 30.4 Å². The molecule has 0 radical (unpaired) electrons. The largest absolute Gasteiger partial charge is 0.483 e. The Morgan fingerprint density at radius 3 is 2.39 bits per heavy atom. The molecule has 0 atom stereocenters. The van der Waals surface area contributed by atoms with Crippen LogP contribution in [0.2, 0.25) is 0 Å². The Hall–Kier alpha value is -2.83. The molecule has 3 heterocycles. The predicted molar refractivity (Wildman–Crippen MR) is 101 cm³/mol. The van der Waals surface area contributed by atoms with Crippen LogP contribution in [-0.2, 0) is 23.1 Å². The van der Waals surface area contributed by atoms with Crippen molar-refractivity contribution in [3.8, 4) is 17.3 Å². The van der Waals surface area contributed by atoms with Crippen molar-refractivity contribution in [1.82, 2.24) is 19.5 Å². The topological polar surface area (TPSA) is 87.0 Å². The molecule has 0 N–H and O–H groups in total. The highest BCUT2D eigenvalue weighted by atomic mass is 32.2. The number of imidazole rings is 1. The first kappa shape index (κ1) is 22.8. The van der Waals surface area contributed by atoms with Crippen LogP contribution in [0.15, 0.2) is 29.4 Å². The van der Waals surface area contributed by atoms with E-state index in [0.717, 1.165) is 24.5 Å². The second-order valence-corrected chi connectivity index (χ2v) is 8.77. The maximum absolute atomic E-state index is 13.0. The molecule has 0 aliphatic carbocycles. The van der Waals surface area contributed by atoms with Gasteiger partial charge < -0.3 is 9.30 Å². The molecule has 0 aliphatic heterocycles. The van der Waals surface area contributed by atoms with Crippen LogP contribution in [0.3, 0.4) is 0 Å². The summed E-state index contributed by atoms with van der Waals surface area (Å²) < 4.78 is 96.2. The number of halogens is 5. The molecule has 31 heavy (non-hydrogen) atoms. The van der Waals surface area contributed by atoms with Crippen molar-refractivity contribution < 1.29 is 35.1 Å². The highest BCUT2D eigenvalue weighted by Gasteiger charge is 2.33. The lowest BCUT2D eigenvalue weighted by Gasteiger charge is -2.15. The van der Waals surface area contributed by atoms with Crippen LogP contribution in [0.4, 0.5) is 22.0 Å². The van der Waals surface area contributed by atoms with Crippen molar-refractivity contribution in [3.05, 3.63) is 30.2 Å². The van der Waals surface area contributed by atoms with Gasteiger partial charge in [-0.2, -0.15) is 13.2 Å². The van der Waals surface area contributed by atoms with Gasteiger partial charge in [-0.3, -0.25) is 0 Å². The standard InChI is InChI=1S/C18H17F5N4O3S/c1-3-31(28,29)14-4-10(30-11(6-19)7-20)8-25-16(14)17-26-12-5-15(18(21,22)23)24-9-13(12)27(17)2/h4-5,8-9,11H,3,6-7H2,1-2H3. The number of fused-ring (bicyclic) bond motifs is 1. The number of rotatable bonds is 7. The Labute approximate surface area is 173 Å². The fourth-order valence-corrected chi connectivity index (χ4v) is 3.85. The Kier molecular flexibility index (Phi) is 6.16. The fraction of sp³-hybridized carbons (Fsp3) is 0.389. The van der Waals surface area contributed by atoms with Crippen LogP contribution >= 0.6 is 0 Å². The predicted octanol–water partition coefficient (Wildman–Crippen LogP) is 3.53. The maximum atomic E-state index is 13.0. The minimum Gasteiger partial charge on any atom is -0.483 e. The number of pyridine rings is 2. The van der Waals surface area contributed by atoms with Crippen molar-refractivity contribution in [1.29, 1.82) is 0 Å². The second kappa shape index (κ2) is 8.36. The summed E-state index contributed by atoms with van der Waals surface area (Å²) in [4.78, 5) is 11.2. The number of aryl methyl sites for hydroxylation is 1. The van der Waals surface area contributed by atoms with Crippen molar-refractivity contribution in [2.45, 2.75) is 24.1 Å². The molecule has 168 valence electrons. The summed E-state index contributed by atoms with van der Waals surface area (Å²) >= 11 is 0. The van der Waals surface area contributed by atoms with E-state index in [-0.39, 0.29) is 38.9 Å². The second-order valence-electron chi connectivity index (χ2n) is 6.52. The molecule has 0 aromatic carbocycles. The van der Waals surface area contributed by atoms with Crippen molar-refractivity contribution >= 4 is 20.9 Å². The van der Waals surface area contributed by atoms with Crippen molar-refractivity contribution in [2.24, 2.45) is 7.05 Å². The first-order chi connectivity index (χ1) is 14.5. The van der Waals surface area contributed by atoms with Crippen LogP contribution in [0.5, 0.6) is 5.75 Å². The summed E-state index contributed by atoms with van der Waals surface area (Å²) in [5.41, 5.74) is -1.12. The molecular weight excluding hydrogens is 447 g/mol. The van der Waals surface area contributed by atoms with E-state index in [1.165, 1.54) is 18.5 Å². The minimum atomic E-state index is -4.68. The van der Waals surface area contributed by atoms with Crippen molar-refractivity contribution in [3.63, 3.8) is 0 Å². The molecule has 0 amide bonds. The van der Waals surface area contributed by atoms with Crippen LogP contribution in [0.25, 0.3) is 22.6 Å². The van der Waals surface area contributed by atoms with E-state index >= 15 is 0 Å². The number of ether oxygens (including phenoxy) is 1. The molecule has 3 aromatic heterocycles. The van der Waals surface area contributed by atoms with Gasteiger partial charge in [0.2, 0.25) is 0 Å². The number of hydrogen-bond acceptors (Lipinski definition) is 6. The SMILES string of the molecule is CCS(=O)(=O)c1cc(OC(CF)CF)cnc1-c1nc2cc(C(F)(F)F)ncc2n1C. The lowest BCUT2D eigenvalue weighted by Crippen LogP contribution is -2.21. The van der Waals surface area contributed by atoms with E-state index in [4.69, 9.17) is 4.74 Å². The van der Waals surface area contributed by atoms with Crippen LogP contribution < -0.4 is 4.74 Å². The zero-order valence-electron chi connectivity index (χ0n) is 16.3. The monoisotopic (exact) mass is 464 g/mol. The third-order valence-corrected chi connectivity index (χ3v) is 6.20. The van der Waals surface area contributed by atoms with Crippen molar-refractivity contribution in [2.75, 3.05) is 19.1 Å². The molecular formula is C18H17F5N4O3S. The first-order valence-electron chi connectivity index (χ1n) is 8.93. The molecule has 0 fully saturated rings. The summed E-state index contributed by atoms with van der Waals surface area (Å²) in [5, 5.41) is 0. The summed E-state index contributed by atoms with van der Waals surface area (Å²) in [7, 11) is -2.44. The zero-order chi connectivity index (χ0) is 23.0. The van der Waals surface area contributed by atoms with Crippen LogP contribution in [0, 0.1) is 0 Å². The number of sulfone groups is 1. The smallest absolute Gasteiger partial charge is 0.433 e. The lowest BCUT2D eigenvalue weighted by atomic mass is 10.3. The Bertz CT molecular complexity index is 1210. The van der Waals surface area contributed by atoms with E-state index in [2.05, 4.69) is 15.0 Å². The van der Waals surface area contributed by atoms with Gasteiger partial charge in [0.05, 0.1) is 29.2 Å². The van der Waals surface area contributed by atoms with Gasteiger partial charge in [-0.05, 0) is 6.07 Å². The third kappa shape index (κ3) is 4.45. The summed E-state index contributed by atoms with van der Waals surface area (Å²) in [5.74, 6) is -0.525. The van der Waals surface area contributed by atoms with E-state index in [1.807, 2.05) is 0 Å². The minimum absolute atomic E-state index is 0.0257. The quantitative estimate of drug-likeness (QED) is 0.498. The number of alkyl halides is 5. The Morgan fingerprint density at radius 2 is 1.81 bits per heavy atom. The highest BCUT2D eigenvalue weighted by Crippen LogP contribution is 2.33. The summed E-state index contributed by atoms with van der Waals surface area (Å²) in [6.07, 6.45) is -4.05. The number of aromatic nitrogens is 4. The number of hydrogen-bond donors (Lipinski definition) is 0. The molecule has 3 aromatic rings. The molecule has 0 bridgehead atoms. The van der Waals surface area contributed by atoms with Gasteiger partial charge >= 0.3 is 6.18 Å². The van der Waals surface area contributed by atoms with Gasteiger partial charge in [0.25, 0.3) is 0 Å². The van der Waals surface area contributed by atoms with Gasteiger partial charge in [-0.15, -0.1) is 0 Å². The Morgan fingerprint density at radius 1 is 1.13 bits per heavy atom. The fourth-order valence-electron chi connectivity index (χ4n) is 2.80. The summed E-state index contributed by atoms with van der Waals surface area (Å²) in [6, 6.07) is 1.82. The van der Waals surface area contributed by atoms with Gasteiger partial charge in [0, 0.05) is 13.1 Å². The molecule has 0 spiro atoms. The van der Waals surface area contributed by atoms with Crippen LogP contribution in [0.1, 0.15) is 12.6 Å². The molecule has 13 heteroatoms. The van der Waals surface area contributed by atoms with E-state index in [0.29, 0.717) is 0 Å². The average Bonchev–Trinajstić information content (AvgIpc) is 3.07. The molecule has 0 unspecified atom stereocenters. The normalized spacial score (nSPS) is 12.6. The zero-order valence-corrected chi connectivity index (χ0v) is 17.1. The van der Waals surface area contributed by atoms with Gasteiger partial charge in [0.1, 0.15) is 35.4 Å². The maximum Gasteiger partial charge on any atom is 0.433 e. The van der Waals surface area contributed by atoms with Gasteiger partial charge in [-0.1, -0.05) is 6.92 Å². The average molecular weight is 464 g/mol.